The van der Waals surface area contributed by atoms with E-state index in [1.807, 2.05) is 0 Å². The standard InChI is InChI=1S/C18H20/c1-13-8-10-16-15-7-5-4-6-14(15)12-18(2,3)17(16)11-9-13/h4-8,10-11H,9,12H2,1-3H3. The van der Waals surface area contributed by atoms with Gasteiger partial charge in [0.2, 0.25) is 0 Å². The molecule has 0 saturated heterocycles. The molecule has 2 aliphatic carbocycles. The Balaban J connectivity index is 2.25. The zero-order valence-corrected chi connectivity index (χ0v) is 11.5. The van der Waals surface area contributed by atoms with Crippen molar-refractivity contribution >= 4 is 5.57 Å². The first-order chi connectivity index (χ1) is 8.58. The highest BCUT2D eigenvalue weighted by molar-refractivity contribution is 5.85. The van der Waals surface area contributed by atoms with Crippen molar-refractivity contribution in [3.63, 3.8) is 0 Å². The van der Waals surface area contributed by atoms with Crippen LogP contribution in [0, 0.1) is 5.41 Å². The summed E-state index contributed by atoms with van der Waals surface area (Å²) in [6, 6.07) is 8.84. The maximum Gasteiger partial charge on any atom is -0.00599 e. The molecule has 3 rings (SSSR count). The first-order valence-electron chi connectivity index (χ1n) is 6.75. The molecule has 0 spiro atoms. The van der Waals surface area contributed by atoms with E-state index in [9.17, 15) is 0 Å². The van der Waals surface area contributed by atoms with Crippen LogP contribution in [0.15, 0.2) is 53.6 Å². The molecule has 1 aromatic carbocycles. The Morgan fingerprint density at radius 3 is 2.67 bits per heavy atom. The molecule has 18 heavy (non-hydrogen) atoms. The fraction of sp³-hybridized carbons (Fsp3) is 0.333. The van der Waals surface area contributed by atoms with Crippen LogP contribution in [0.5, 0.6) is 0 Å². The molecule has 0 N–H and O–H groups in total. The van der Waals surface area contributed by atoms with Crippen molar-refractivity contribution in [2.75, 3.05) is 0 Å². The van der Waals surface area contributed by atoms with Crippen molar-refractivity contribution in [2.24, 2.45) is 5.41 Å². The Kier molecular flexibility index (Phi) is 2.55. The van der Waals surface area contributed by atoms with Crippen LogP contribution in [0.3, 0.4) is 0 Å². The smallest absolute Gasteiger partial charge is 0.00599 e. The Morgan fingerprint density at radius 2 is 1.83 bits per heavy atom. The molecule has 2 aliphatic rings. The number of allylic oxidation sites excluding steroid dienone is 6. The van der Waals surface area contributed by atoms with Crippen LogP contribution in [-0.2, 0) is 6.42 Å². The average molecular weight is 236 g/mol. The highest BCUT2D eigenvalue weighted by atomic mass is 14.4. The minimum absolute atomic E-state index is 0.249. The minimum Gasteiger partial charge on any atom is -0.0761 e. The van der Waals surface area contributed by atoms with Crippen LogP contribution in [0.2, 0.25) is 0 Å². The Bertz CT molecular complexity index is 580. The number of rotatable bonds is 0. The summed E-state index contributed by atoms with van der Waals surface area (Å²) in [5.41, 5.74) is 7.55. The van der Waals surface area contributed by atoms with Crippen LogP contribution >= 0.6 is 0 Å². The van der Waals surface area contributed by atoms with Gasteiger partial charge in [-0.15, -0.1) is 0 Å². The Labute approximate surface area is 110 Å². The van der Waals surface area contributed by atoms with E-state index in [2.05, 4.69) is 63.3 Å². The lowest BCUT2D eigenvalue weighted by Gasteiger charge is -2.36. The van der Waals surface area contributed by atoms with Crippen molar-refractivity contribution in [3.8, 4) is 0 Å². The molecule has 0 radical (unpaired) electrons. The molecule has 0 aromatic heterocycles. The van der Waals surface area contributed by atoms with Gasteiger partial charge >= 0.3 is 0 Å². The molecule has 0 saturated carbocycles. The lowest BCUT2D eigenvalue weighted by atomic mass is 9.68. The van der Waals surface area contributed by atoms with E-state index in [1.54, 1.807) is 0 Å². The summed E-state index contributed by atoms with van der Waals surface area (Å²) in [5, 5.41) is 0. The molecule has 0 atom stereocenters. The topological polar surface area (TPSA) is 0 Å². The van der Waals surface area contributed by atoms with Crippen LogP contribution < -0.4 is 0 Å². The zero-order chi connectivity index (χ0) is 12.8. The van der Waals surface area contributed by atoms with Gasteiger partial charge in [0.15, 0.2) is 0 Å². The summed E-state index contributed by atoms with van der Waals surface area (Å²) < 4.78 is 0. The summed E-state index contributed by atoms with van der Waals surface area (Å²) in [4.78, 5) is 0. The van der Waals surface area contributed by atoms with E-state index in [1.165, 1.54) is 27.8 Å². The first kappa shape index (κ1) is 11.5. The van der Waals surface area contributed by atoms with Gasteiger partial charge < -0.3 is 0 Å². The van der Waals surface area contributed by atoms with E-state index < -0.39 is 0 Å². The number of hydrogen-bond acceptors (Lipinski definition) is 0. The minimum atomic E-state index is 0.249. The van der Waals surface area contributed by atoms with Crippen LogP contribution in [0.1, 0.15) is 38.3 Å². The molecule has 92 valence electrons. The monoisotopic (exact) mass is 236 g/mol. The van der Waals surface area contributed by atoms with Crippen molar-refractivity contribution in [1.29, 1.82) is 0 Å². The van der Waals surface area contributed by atoms with Crippen molar-refractivity contribution in [3.05, 3.63) is 64.8 Å². The maximum atomic E-state index is 2.43. The predicted molar refractivity (Wildman–Crippen MR) is 78.4 cm³/mol. The molecule has 0 heterocycles. The van der Waals surface area contributed by atoms with Gasteiger partial charge in [-0.1, -0.05) is 61.9 Å². The maximum absolute atomic E-state index is 2.43. The Morgan fingerprint density at radius 1 is 1.06 bits per heavy atom. The lowest BCUT2D eigenvalue weighted by molar-refractivity contribution is 0.448. The van der Waals surface area contributed by atoms with Crippen LogP contribution in [0.4, 0.5) is 0 Å². The van der Waals surface area contributed by atoms with Crippen LogP contribution in [0.25, 0.3) is 5.57 Å². The normalized spacial score (nSPS) is 20.9. The van der Waals surface area contributed by atoms with Gasteiger partial charge in [0.05, 0.1) is 0 Å². The first-order valence-corrected chi connectivity index (χ1v) is 6.75. The Hall–Kier alpha value is -1.56. The summed E-state index contributed by atoms with van der Waals surface area (Å²) in [5.74, 6) is 0. The van der Waals surface area contributed by atoms with E-state index in [0.717, 1.165) is 12.8 Å². The largest absolute Gasteiger partial charge is 0.0761 e. The summed E-state index contributed by atoms with van der Waals surface area (Å²) >= 11 is 0. The third kappa shape index (κ3) is 1.77. The second kappa shape index (κ2) is 3.98. The molecule has 0 aliphatic heterocycles. The number of hydrogen-bond donors (Lipinski definition) is 0. The quantitative estimate of drug-likeness (QED) is 0.599. The molecule has 0 fully saturated rings. The van der Waals surface area contributed by atoms with Gasteiger partial charge in [-0.25, -0.2) is 0 Å². The lowest BCUT2D eigenvalue weighted by Crippen LogP contribution is -2.24. The highest BCUT2D eigenvalue weighted by Gasteiger charge is 2.33. The SMILES string of the molecule is CC1=CC=C2C(=CC1)C(C)(C)Cc1ccccc12. The molecule has 0 unspecified atom stereocenters. The second-order valence-electron chi connectivity index (χ2n) is 6.13. The summed E-state index contributed by atoms with van der Waals surface area (Å²) in [6.07, 6.45) is 9.25. The van der Waals surface area contributed by atoms with Crippen molar-refractivity contribution in [2.45, 2.75) is 33.6 Å². The third-order valence-corrected chi connectivity index (χ3v) is 4.12. The third-order valence-electron chi connectivity index (χ3n) is 4.12. The molecule has 0 heteroatoms. The molecular formula is C18H20. The van der Waals surface area contributed by atoms with Crippen molar-refractivity contribution in [1.82, 2.24) is 0 Å². The van der Waals surface area contributed by atoms with Gasteiger partial charge in [0.1, 0.15) is 0 Å². The fourth-order valence-electron chi connectivity index (χ4n) is 3.14. The van der Waals surface area contributed by atoms with E-state index >= 15 is 0 Å². The second-order valence-corrected chi connectivity index (χ2v) is 6.13. The molecule has 0 nitrogen and oxygen atoms in total. The van der Waals surface area contributed by atoms with Gasteiger partial charge in [-0.2, -0.15) is 0 Å². The summed E-state index contributed by atoms with van der Waals surface area (Å²) in [6.45, 7) is 6.94. The molecule has 0 bridgehead atoms. The van der Waals surface area contributed by atoms with Gasteiger partial charge in [-0.3, -0.25) is 0 Å². The van der Waals surface area contributed by atoms with Gasteiger partial charge in [-0.05, 0) is 47.5 Å². The molecule has 1 aromatic rings. The van der Waals surface area contributed by atoms with E-state index in [4.69, 9.17) is 0 Å². The predicted octanol–water partition coefficient (Wildman–Crippen LogP) is 4.93. The molecular weight excluding hydrogens is 216 g/mol. The van der Waals surface area contributed by atoms with E-state index in [-0.39, 0.29) is 5.41 Å². The van der Waals surface area contributed by atoms with Crippen LogP contribution in [-0.4, -0.2) is 0 Å². The molecule has 0 amide bonds. The average Bonchev–Trinajstić information content (AvgIpc) is 2.52. The number of benzene rings is 1. The zero-order valence-electron chi connectivity index (χ0n) is 11.5. The van der Waals surface area contributed by atoms with Gasteiger partial charge in [0.25, 0.3) is 0 Å². The van der Waals surface area contributed by atoms with Crippen molar-refractivity contribution < 1.29 is 0 Å². The fourth-order valence-corrected chi connectivity index (χ4v) is 3.14. The number of fused-ring (bicyclic) bond motifs is 3. The highest BCUT2D eigenvalue weighted by Crippen LogP contribution is 2.46. The summed E-state index contributed by atoms with van der Waals surface area (Å²) in [7, 11) is 0. The van der Waals surface area contributed by atoms with Gasteiger partial charge in [0, 0.05) is 0 Å². The van der Waals surface area contributed by atoms with E-state index in [0.29, 0.717) is 0 Å².